The number of nitrogens with zero attached hydrogens (tertiary/aromatic N) is 3. The minimum Gasteiger partial charge on any atom is -0.497 e. The number of fused-ring (bicyclic) bond motifs is 4. The van der Waals surface area contributed by atoms with Crippen LogP contribution in [-0.4, -0.2) is 36.1 Å². The first-order valence-corrected chi connectivity index (χ1v) is 9.03. The van der Waals surface area contributed by atoms with E-state index in [4.69, 9.17) is 9.57 Å². The van der Waals surface area contributed by atoms with E-state index in [2.05, 4.69) is 27.9 Å². The van der Waals surface area contributed by atoms with Gasteiger partial charge in [0.05, 0.1) is 18.7 Å². The Kier molecular flexibility index (Phi) is 4.59. The highest BCUT2D eigenvalue weighted by atomic mass is 16.7. The molecule has 0 radical (unpaired) electrons. The Balaban J connectivity index is 1.75. The molecule has 5 rings (SSSR count). The lowest BCUT2D eigenvalue weighted by molar-refractivity contribution is -0.0752. The van der Waals surface area contributed by atoms with Crippen LogP contribution in [0.2, 0.25) is 0 Å². The van der Waals surface area contributed by atoms with Crippen LogP contribution in [0.5, 0.6) is 5.75 Å². The molecule has 2 aromatic rings. The Morgan fingerprint density at radius 3 is 3.00 bits per heavy atom. The standard InChI is InChI=1S/C20H23N3O3/c1-3-13-12-23-9-7-14(13)10-19(23)20(26-22-24)16-6-8-21-18-5-4-15(25-2)11-17(16)18/h3-6,8,11,13-14,19-20H,1,7,9-10,12H2,2H3/t13-,14-,19+,20-/m0/s1. The van der Waals surface area contributed by atoms with Gasteiger partial charge in [0.25, 0.3) is 0 Å². The predicted octanol–water partition coefficient (Wildman–Crippen LogP) is 3.88. The maximum absolute atomic E-state index is 11.1. The molecule has 3 fully saturated rings. The number of piperidine rings is 3. The SMILES string of the molecule is C=C[C@H]1CN2CC[C@H]1C[C@@H]2[C@@H](ON=O)c1ccnc2ccc(OC)cc12. The summed E-state index contributed by atoms with van der Waals surface area (Å²) in [6, 6.07) is 7.80. The van der Waals surface area contributed by atoms with Crippen LogP contribution in [0.25, 0.3) is 10.9 Å². The first-order chi connectivity index (χ1) is 12.7. The van der Waals surface area contributed by atoms with Gasteiger partial charge in [-0.05, 0) is 55.5 Å². The Hall–Kier alpha value is -2.47. The van der Waals surface area contributed by atoms with E-state index in [9.17, 15) is 4.91 Å². The van der Waals surface area contributed by atoms with Crippen molar-refractivity contribution in [3.8, 4) is 5.75 Å². The van der Waals surface area contributed by atoms with E-state index < -0.39 is 6.10 Å². The fourth-order valence-corrected chi connectivity index (χ4v) is 4.59. The second-order valence-corrected chi connectivity index (χ2v) is 7.13. The molecule has 3 aliphatic heterocycles. The van der Waals surface area contributed by atoms with Gasteiger partial charge in [-0.3, -0.25) is 9.88 Å². The molecule has 3 saturated heterocycles. The molecule has 1 aromatic carbocycles. The van der Waals surface area contributed by atoms with Gasteiger partial charge in [0.2, 0.25) is 0 Å². The maximum atomic E-state index is 11.1. The van der Waals surface area contributed by atoms with E-state index in [0.29, 0.717) is 11.8 Å². The first kappa shape index (κ1) is 17.0. The molecular formula is C20H23N3O3. The molecule has 6 heteroatoms. The van der Waals surface area contributed by atoms with Gasteiger partial charge in [-0.25, -0.2) is 0 Å². The molecule has 136 valence electrons. The molecule has 0 saturated carbocycles. The smallest absolute Gasteiger partial charge is 0.172 e. The highest BCUT2D eigenvalue weighted by Gasteiger charge is 2.44. The van der Waals surface area contributed by atoms with Crippen LogP contribution in [0.3, 0.4) is 0 Å². The minimum absolute atomic E-state index is 0.124. The highest BCUT2D eigenvalue weighted by molar-refractivity contribution is 5.84. The average molecular weight is 353 g/mol. The van der Waals surface area contributed by atoms with Gasteiger partial charge >= 0.3 is 0 Å². The van der Waals surface area contributed by atoms with Crippen LogP contribution in [0, 0.1) is 16.7 Å². The number of benzene rings is 1. The van der Waals surface area contributed by atoms with Gasteiger partial charge in [-0.2, -0.15) is 0 Å². The predicted molar refractivity (Wildman–Crippen MR) is 99.7 cm³/mol. The van der Waals surface area contributed by atoms with Crippen molar-refractivity contribution in [2.75, 3.05) is 20.2 Å². The largest absolute Gasteiger partial charge is 0.497 e. The second-order valence-electron chi connectivity index (χ2n) is 7.13. The van der Waals surface area contributed by atoms with Crippen molar-refractivity contribution >= 4 is 10.9 Å². The van der Waals surface area contributed by atoms with Crippen molar-refractivity contribution in [3.63, 3.8) is 0 Å². The summed E-state index contributed by atoms with van der Waals surface area (Å²) >= 11 is 0. The third-order valence-corrected chi connectivity index (χ3v) is 5.95. The van der Waals surface area contributed by atoms with E-state index in [1.54, 1.807) is 13.3 Å². The molecule has 0 amide bonds. The van der Waals surface area contributed by atoms with Gasteiger partial charge in [0, 0.05) is 23.7 Å². The number of methoxy groups -OCH3 is 1. The minimum atomic E-state index is -0.418. The third kappa shape index (κ3) is 2.84. The van der Waals surface area contributed by atoms with Gasteiger partial charge < -0.3 is 9.57 Å². The van der Waals surface area contributed by atoms with Crippen LogP contribution >= 0.6 is 0 Å². The molecule has 0 N–H and O–H groups in total. The summed E-state index contributed by atoms with van der Waals surface area (Å²) in [6.07, 6.45) is 5.55. The number of aromatic nitrogens is 1. The Morgan fingerprint density at radius 1 is 1.42 bits per heavy atom. The molecule has 1 aromatic heterocycles. The zero-order valence-corrected chi connectivity index (χ0v) is 14.9. The van der Waals surface area contributed by atoms with E-state index in [1.165, 1.54) is 6.42 Å². The molecule has 3 aliphatic rings. The van der Waals surface area contributed by atoms with Crippen molar-refractivity contribution in [2.24, 2.45) is 17.2 Å². The topological polar surface area (TPSA) is 64.0 Å². The summed E-state index contributed by atoms with van der Waals surface area (Å²) in [5.41, 5.74) is 1.78. The van der Waals surface area contributed by atoms with Crippen molar-refractivity contribution in [1.82, 2.24) is 9.88 Å². The summed E-state index contributed by atoms with van der Waals surface area (Å²) < 4.78 is 5.37. The zero-order chi connectivity index (χ0) is 18.1. The van der Waals surface area contributed by atoms with Crippen molar-refractivity contribution in [3.05, 3.63) is 53.6 Å². The summed E-state index contributed by atoms with van der Waals surface area (Å²) in [4.78, 5) is 23.3. The van der Waals surface area contributed by atoms with Crippen LogP contribution in [0.1, 0.15) is 24.5 Å². The fourth-order valence-electron chi connectivity index (χ4n) is 4.59. The molecule has 0 aliphatic carbocycles. The normalized spacial score (nSPS) is 28.5. The number of hydrogen-bond acceptors (Lipinski definition) is 6. The summed E-state index contributed by atoms with van der Waals surface area (Å²) in [6.45, 7) is 5.96. The third-order valence-electron chi connectivity index (χ3n) is 5.95. The van der Waals surface area contributed by atoms with Crippen LogP contribution < -0.4 is 4.74 Å². The molecule has 26 heavy (non-hydrogen) atoms. The summed E-state index contributed by atoms with van der Waals surface area (Å²) in [7, 11) is 1.64. The van der Waals surface area contributed by atoms with E-state index >= 15 is 0 Å². The molecule has 5 atom stereocenters. The lowest BCUT2D eigenvalue weighted by Crippen LogP contribution is -2.55. The first-order valence-electron chi connectivity index (χ1n) is 9.03. The van der Waals surface area contributed by atoms with Gasteiger partial charge in [-0.1, -0.05) is 6.08 Å². The van der Waals surface area contributed by atoms with Crippen molar-refractivity contribution < 1.29 is 9.57 Å². The lowest BCUT2D eigenvalue weighted by Gasteiger charge is -2.50. The summed E-state index contributed by atoms with van der Waals surface area (Å²) in [5, 5.41) is 3.74. The molecule has 0 spiro atoms. The van der Waals surface area contributed by atoms with Crippen LogP contribution in [0.15, 0.2) is 48.5 Å². The van der Waals surface area contributed by atoms with Gasteiger partial charge in [0.15, 0.2) is 11.4 Å². The number of hydrogen-bond donors (Lipinski definition) is 0. The highest BCUT2D eigenvalue weighted by Crippen LogP contribution is 2.43. The molecule has 4 heterocycles. The Bertz CT molecular complexity index is 825. The Labute approximate surface area is 152 Å². The zero-order valence-electron chi connectivity index (χ0n) is 14.9. The van der Waals surface area contributed by atoms with Crippen LogP contribution in [0.4, 0.5) is 0 Å². The molecule has 6 nitrogen and oxygen atoms in total. The van der Waals surface area contributed by atoms with Crippen molar-refractivity contribution in [1.29, 1.82) is 0 Å². The molecule has 2 bridgehead atoms. The quantitative estimate of drug-likeness (QED) is 0.448. The molecule has 1 unspecified atom stereocenters. The second kappa shape index (κ2) is 7.03. The number of rotatable bonds is 6. The number of pyridine rings is 1. The van der Waals surface area contributed by atoms with E-state index in [1.807, 2.05) is 24.3 Å². The van der Waals surface area contributed by atoms with Gasteiger partial charge in [-0.15, -0.1) is 11.5 Å². The monoisotopic (exact) mass is 353 g/mol. The van der Waals surface area contributed by atoms with Gasteiger partial charge in [0.1, 0.15) is 5.75 Å². The fraction of sp³-hybridized carbons (Fsp3) is 0.450. The van der Waals surface area contributed by atoms with E-state index in [0.717, 1.165) is 41.7 Å². The summed E-state index contributed by atoms with van der Waals surface area (Å²) in [5.74, 6) is 1.85. The maximum Gasteiger partial charge on any atom is 0.172 e. The Morgan fingerprint density at radius 2 is 2.31 bits per heavy atom. The number of ether oxygens (including phenoxy) is 1. The lowest BCUT2D eigenvalue weighted by atomic mass is 9.73. The van der Waals surface area contributed by atoms with Crippen molar-refractivity contribution in [2.45, 2.75) is 25.0 Å². The van der Waals surface area contributed by atoms with E-state index in [-0.39, 0.29) is 6.04 Å². The molecular weight excluding hydrogens is 330 g/mol. The average Bonchev–Trinajstić information content (AvgIpc) is 2.71. The van der Waals surface area contributed by atoms with Crippen LogP contribution in [-0.2, 0) is 4.84 Å².